The molecule has 5 nitrogen and oxygen atoms in total. The molecule has 0 spiro atoms. The summed E-state index contributed by atoms with van der Waals surface area (Å²) in [6.45, 7) is 1.76. The van der Waals surface area contributed by atoms with Crippen LogP contribution in [0.1, 0.15) is 12.5 Å². The van der Waals surface area contributed by atoms with Gasteiger partial charge in [-0.25, -0.2) is 13.1 Å². The van der Waals surface area contributed by atoms with Crippen molar-refractivity contribution in [2.75, 3.05) is 19.8 Å². The summed E-state index contributed by atoms with van der Waals surface area (Å²) in [6.07, 6.45) is -4.47. The Hall–Kier alpha value is -1.78. The van der Waals surface area contributed by atoms with Crippen LogP contribution in [0.4, 0.5) is 13.2 Å². The number of benzene rings is 2. The summed E-state index contributed by atoms with van der Waals surface area (Å²) < 4.78 is 76.4. The van der Waals surface area contributed by atoms with E-state index in [9.17, 15) is 21.6 Å². The second-order valence-corrected chi connectivity index (χ2v) is 7.95. The lowest BCUT2D eigenvalue weighted by Gasteiger charge is -2.13. The molecule has 0 unspecified atom stereocenters. The van der Waals surface area contributed by atoms with E-state index >= 15 is 0 Å². The lowest BCUT2D eigenvalue weighted by Crippen LogP contribution is -2.28. The number of rotatable bonds is 8. The zero-order valence-electron chi connectivity index (χ0n) is 14.2. The van der Waals surface area contributed by atoms with Crippen molar-refractivity contribution >= 4 is 26.0 Å². The van der Waals surface area contributed by atoms with Gasteiger partial charge in [0.1, 0.15) is 23.0 Å². The first kappa shape index (κ1) is 21.5. The van der Waals surface area contributed by atoms with Crippen molar-refractivity contribution in [1.82, 2.24) is 4.72 Å². The van der Waals surface area contributed by atoms with E-state index in [4.69, 9.17) is 9.47 Å². The predicted octanol–water partition coefficient (Wildman–Crippen LogP) is 4.22. The van der Waals surface area contributed by atoms with Crippen LogP contribution in [0.2, 0.25) is 0 Å². The van der Waals surface area contributed by atoms with Crippen molar-refractivity contribution in [3.63, 3.8) is 0 Å². The van der Waals surface area contributed by atoms with E-state index in [2.05, 4.69) is 20.7 Å². The van der Waals surface area contributed by atoms with Gasteiger partial charge in [-0.3, -0.25) is 0 Å². The maximum atomic E-state index is 12.7. The number of nitrogens with one attached hydrogen (secondary N) is 1. The maximum Gasteiger partial charge on any atom is 0.416 e. The van der Waals surface area contributed by atoms with Gasteiger partial charge in [-0.2, -0.15) is 13.2 Å². The van der Waals surface area contributed by atoms with E-state index in [0.29, 0.717) is 11.1 Å². The fraction of sp³-hybridized carbons (Fsp3) is 0.294. The van der Waals surface area contributed by atoms with E-state index in [-0.39, 0.29) is 29.5 Å². The summed E-state index contributed by atoms with van der Waals surface area (Å²) in [6, 6.07) is 8.96. The third kappa shape index (κ3) is 6.12. The minimum atomic E-state index is -4.47. The molecular weight excluding hydrogens is 451 g/mol. The highest BCUT2D eigenvalue weighted by atomic mass is 79.9. The first-order valence-corrected chi connectivity index (χ1v) is 10.1. The molecule has 0 aromatic heterocycles. The Morgan fingerprint density at radius 1 is 1.11 bits per heavy atom. The maximum absolute atomic E-state index is 12.7. The second-order valence-electron chi connectivity index (χ2n) is 5.30. The van der Waals surface area contributed by atoms with Crippen LogP contribution in [0.5, 0.6) is 11.5 Å². The van der Waals surface area contributed by atoms with Gasteiger partial charge in [0.05, 0.1) is 12.2 Å². The Morgan fingerprint density at radius 3 is 2.52 bits per heavy atom. The molecule has 10 heteroatoms. The molecule has 0 aliphatic rings. The number of hydrogen-bond donors (Lipinski definition) is 1. The molecule has 0 radical (unpaired) electrons. The van der Waals surface area contributed by atoms with Crippen molar-refractivity contribution in [1.29, 1.82) is 0 Å². The zero-order chi connectivity index (χ0) is 20.1. The SMILES string of the molecule is CCOc1ccc(Br)cc1S(=O)(=O)NCCOc1cccc(C(F)(F)F)c1. The number of hydrogen-bond acceptors (Lipinski definition) is 4. The van der Waals surface area contributed by atoms with Gasteiger partial charge < -0.3 is 9.47 Å². The molecule has 2 aromatic carbocycles. The van der Waals surface area contributed by atoms with Gasteiger partial charge in [0.2, 0.25) is 10.0 Å². The molecular formula is C17H17BrF3NO4S. The second kappa shape index (κ2) is 8.94. The standard InChI is InChI=1S/C17H17BrF3NO4S/c1-2-25-15-7-6-13(18)11-16(15)27(23,24)22-8-9-26-14-5-3-4-12(10-14)17(19,20)21/h3-7,10-11,22H,2,8-9H2,1H3. The highest BCUT2D eigenvalue weighted by molar-refractivity contribution is 9.10. The summed E-state index contributed by atoms with van der Waals surface area (Å²) in [5.41, 5.74) is -0.837. The largest absolute Gasteiger partial charge is 0.492 e. The molecule has 0 aliphatic carbocycles. The summed E-state index contributed by atoms with van der Waals surface area (Å²) >= 11 is 3.21. The third-order valence-electron chi connectivity index (χ3n) is 3.32. The normalized spacial score (nSPS) is 12.0. The van der Waals surface area contributed by atoms with Gasteiger partial charge in [-0.15, -0.1) is 0 Å². The molecule has 148 valence electrons. The van der Waals surface area contributed by atoms with E-state index in [1.165, 1.54) is 24.3 Å². The van der Waals surface area contributed by atoms with Gasteiger partial charge in [0.25, 0.3) is 0 Å². The summed E-state index contributed by atoms with van der Waals surface area (Å²) in [7, 11) is -3.89. The summed E-state index contributed by atoms with van der Waals surface area (Å²) in [5, 5.41) is 0. The number of halogens is 4. The van der Waals surface area contributed by atoms with Crippen LogP contribution in [0.15, 0.2) is 51.8 Å². The molecule has 0 atom stereocenters. The molecule has 0 saturated heterocycles. The van der Waals surface area contributed by atoms with Crippen molar-refractivity contribution in [3.05, 3.63) is 52.5 Å². The van der Waals surface area contributed by atoms with Crippen LogP contribution >= 0.6 is 15.9 Å². The van der Waals surface area contributed by atoms with Crippen molar-refractivity contribution in [3.8, 4) is 11.5 Å². The Morgan fingerprint density at radius 2 is 1.85 bits per heavy atom. The predicted molar refractivity (Wildman–Crippen MR) is 97.4 cm³/mol. The first-order valence-electron chi connectivity index (χ1n) is 7.85. The molecule has 0 aliphatic heterocycles. The lowest BCUT2D eigenvalue weighted by molar-refractivity contribution is -0.137. The number of ether oxygens (including phenoxy) is 2. The summed E-state index contributed by atoms with van der Waals surface area (Å²) in [4.78, 5) is -0.0437. The molecule has 1 N–H and O–H groups in total. The molecule has 0 saturated carbocycles. The lowest BCUT2D eigenvalue weighted by atomic mass is 10.2. The molecule has 27 heavy (non-hydrogen) atoms. The average molecular weight is 468 g/mol. The van der Waals surface area contributed by atoms with E-state index in [0.717, 1.165) is 12.1 Å². The Bertz CT molecular complexity index is 888. The van der Waals surface area contributed by atoms with Crippen LogP contribution in [0, 0.1) is 0 Å². The average Bonchev–Trinajstić information content (AvgIpc) is 2.60. The molecule has 2 aromatic rings. The topological polar surface area (TPSA) is 64.6 Å². The third-order valence-corrected chi connectivity index (χ3v) is 5.29. The number of sulfonamides is 1. The van der Waals surface area contributed by atoms with Gasteiger partial charge in [-0.05, 0) is 43.3 Å². The molecule has 0 heterocycles. The van der Waals surface area contributed by atoms with Crippen molar-refractivity contribution in [2.45, 2.75) is 18.0 Å². The first-order chi connectivity index (χ1) is 12.6. The number of alkyl halides is 3. The fourth-order valence-electron chi connectivity index (χ4n) is 2.15. The van der Waals surface area contributed by atoms with Crippen LogP contribution in [-0.2, 0) is 16.2 Å². The van der Waals surface area contributed by atoms with E-state index in [1.807, 2.05) is 0 Å². The molecule has 0 fully saturated rings. The Kier molecular flexibility index (Phi) is 7.12. The van der Waals surface area contributed by atoms with Crippen LogP contribution in [0.3, 0.4) is 0 Å². The van der Waals surface area contributed by atoms with Crippen LogP contribution in [0.25, 0.3) is 0 Å². The smallest absolute Gasteiger partial charge is 0.416 e. The quantitative estimate of drug-likeness (QED) is 0.590. The zero-order valence-corrected chi connectivity index (χ0v) is 16.6. The minimum absolute atomic E-state index is 0.00137. The van der Waals surface area contributed by atoms with Crippen molar-refractivity contribution < 1.29 is 31.1 Å². The summed E-state index contributed by atoms with van der Waals surface area (Å²) in [5.74, 6) is 0.202. The van der Waals surface area contributed by atoms with Gasteiger partial charge >= 0.3 is 6.18 Å². The monoisotopic (exact) mass is 467 g/mol. The van der Waals surface area contributed by atoms with Crippen LogP contribution < -0.4 is 14.2 Å². The molecule has 0 bridgehead atoms. The van der Waals surface area contributed by atoms with Crippen LogP contribution in [-0.4, -0.2) is 28.2 Å². The van der Waals surface area contributed by atoms with Gasteiger partial charge in [0, 0.05) is 11.0 Å². The van der Waals surface area contributed by atoms with E-state index in [1.54, 1.807) is 13.0 Å². The van der Waals surface area contributed by atoms with Gasteiger partial charge in [-0.1, -0.05) is 22.0 Å². The highest BCUT2D eigenvalue weighted by Gasteiger charge is 2.30. The highest BCUT2D eigenvalue weighted by Crippen LogP contribution is 2.31. The fourth-order valence-corrected chi connectivity index (χ4v) is 3.85. The Balaban J connectivity index is 2.00. The Labute approximate surface area is 163 Å². The minimum Gasteiger partial charge on any atom is -0.492 e. The van der Waals surface area contributed by atoms with Gasteiger partial charge in [0.15, 0.2) is 0 Å². The molecule has 2 rings (SSSR count). The van der Waals surface area contributed by atoms with Crippen molar-refractivity contribution in [2.24, 2.45) is 0 Å². The van der Waals surface area contributed by atoms with E-state index < -0.39 is 21.8 Å². The molecule has 0 amide bonds.